The van der Waals surface area contributed by atoms with E-state index in [-0.39, 0.29) is 6.01 Å². The molecule has 0 radical (unpaired) electrons. The molecule has 0 aliphatic carbocycles. The average molecular weight is 583 g/mol. The van der Waals surface area contributed by atoms with E-state index >= 15 is 0 Å². The van der Waals surface area contributed by atoms with Crippen molar-refractivity contribution in [2.75, 3.05) is 15.1 Å². The van der Waals surface area contributed by atoms with Crippen LogP contribution in [-0.4, -0.2) is 44.6 Å². The summed E-state index contributed by atoms with van der Waals surface area (Å²) < 4.78 is 16.4. The van der Waals surface area contributed by atoms with E-state index in [0.717, 1.165) is 5.69 Å². The van der Waals surface area contributed by atoms with E-state index in [1.165, 1.54) is 35.4 Å². The minimum atomic E-state index is -1.47. The predicted octanol–water partition coefficient (Wildman–Crippen LogP) is 3.97. The Hall–Kier alpha value is -5.35. The zero-order chi connectivity index (χ0) is 27.3. The van der Waals surface area contributed by atoms with Gasteiger partial charge in [0.25, 0.3) is 0 Å². The molecular formula is C25H18N12O2S2. The number of thiazole rings is 1. The number of nitrogens with zero attached hydrogens (tertiary/aromatic N) is 10. The molecule has 1 saturated heterocycles. The summed E-state index contributed by atoms with van der Waals surface area (Å²) in [6.07, 6.45) is 13.3. The minimum Gasteiger partial charge on any atom is -0.431 e. The van der Waals surface area contributed by atoms with Gasteiger partial charge < -0.3 is 13.9 Å². The Morgan fingerprint density at radius 3 is 2.44 bits per heavy atom. The molecule has 41 heavy (non-hydrogen) atoms. The Labute approximate surface area is 239 Å². The number of hydrogen-bond donors (Lipinski definition) is 2. The summed E-state index contributed by atoms with van der Waals surface area (Å²) in [5.41, 5.74) is -1.57. The normalized spacial score (nSPS) is 20.7. The maximum absolute atomic E-state index is 6.07. The van der Waals surface area contributed by atoms with Gasteiger partial charge in [-0.3, -0.25) is 5.10 Å². The monoisotopic (exact) mass is 582 g/mol. The highest BCUT2D eigenvalue weighted by molar-refractivity contribution is 7.09. The van der Waals surface area contributed by atoms with E-state index in [0.29, 0.717) is 28.2 Å². The molecule has 0 amide bonds. The van der Waals surface area contributed by atoms with E-state index in [1.54, 1.807) is 43.1 Å². The van der Waals surface area contributed by atoms with Crippen molar-refractivity contribution in [3.05, 3.63) is 119 Å². The fourth-order valence-corrected chi connectivity index (χ4v) is 6.94. The second kappa shape index (κ2) is 9.10. The van der Waals surface area contributed by atoms with Crippen LogP contribution in [0.15, 0.2) is 106 Å². The van der Waals surface area contributed by atoms with E-state index < -0.39 is 11.1 Å². The lowest BCUT2D eigenvalue weighted by atomic mass is 9.71. The number of nitrogens with one attached hydrogen (secondary N) is 2. The second-order valence-corrected chi connectivity index (χ2v) is 10.4. The summed E-state index contributed by atoms with van der Waals surface area (Å²) in [7, 11) is 0. The van der Waals surface area contributed by atoms with Gasteiger partial charge in [-0.05, 0) is 35.8 Å². The summed E-state index contributed by atoms with van der Waals surface area (Å²) in [6.45, 7) is 0. The Morgan fingerprint density at radius 2 is 1.78 bits per heavy atom. The van der Waals surface area contributed by atoms with Crippen LogP contribution in [-0.2, 0) is 11.1 Å². The molecule has 0 aromatic carbocycles. The van der Waals surface area contributed by atoms with E-state index in [4.69, 9.17) is 28.3 Å². The molecule has 16 heteroatoms. The van der Waals surface area contributed by atoms with Crippen LogP contribution in [0.4, 0.5) is 17.7 Å². The van der Waals surface area contributed by atoms with Crippen LogP contribution in [0.5, 0.6) is 0 Å². The highest BCUT2D eigenvalue weighted by Crippen LogP contribution is 2.62. The van der Waals surface area contributed by atoms with Gasteiger partial charge in [0.05, 0.1) is 18.1 Å². The van der Waals surface area contributed by atoms with Gasteiger partial charge in [-0.2, -0.15) is 19.6 Å². The molecule has 202 valence electrons. The fraction of sp³-hybridized carbons (Fsp3) is 0.0800. The predicted molar refractivity (Wildman–Crippen MR) is 148 cm³/mol. The van der Waals surface area contributed by atoms with Crippen molar-refractivity contribution in [1.82, 2.24) is 44.6 Å². The van der Waals surface area contributed by atoms with Gasteiger partial charge in [-0.1, -0.05) is 5.16 Å². The molecule has 1 aliphatic heterocycles. The summed E-state index contributed by atoms with van der Waals surface area (Å²) in [5.74, 6) is 1.55. The standard InChI is InChI=1S/C25H18N12O2S2/c1-3-17(26-7-1)25(22-29-12-16-40-22)24(18-5-13-39-33-18,21-27-8-2-9-28-21)36(23-30-11-14-38-23)37(20-6-15-41-34-20)35(25)19-4-10-31-32-19/h1-16,26H,(H,31,32). The molecule has 0 saturated carbocycles. The highest BCUT2D eigenvalue weighted by atomic mass is 32.1. The number of anilines is 3. The molecule has 8 heterocycles. The largest absolute Gasteiger partial charge is 0.431 e. The van der Waals surface area contributed by atoms with Crippen LogP contribution in [0, 0.1) is 0 Å². The second-order valence-electron chi connectivity index (χ2n) is 8.83. The summed E-state index contributed by atoms with van der Waals surface area (Å²) in [6, 6.07) is 11.4. The molecule has 14 nitrogen and oxygen atoms in total. The van der Waals surface area contributed by atoms with Crippen LogP contribution in [0.3, 0.4) is 0 Å². The molecule has 2 unspecified atom stereocenters. The molecule has 7 aromatic heterocycles. The van der Waals surface area contributed by atoms with Gasteiger partial charge in [-0.15, -0.1) is 11.3 Å². The summed E-state index contributed by atoms with van der Waals surface area (Å²) in [5, 5.41) is 22.2. The smallest absolute Gasteiger partial charge is 0.319 e. The van der Waals surface area contributed by atoms with E-state index in [9.17, 15) is 0 Å². The van der Waals surface area contributed by atoms with Crippen molar-refractivity contribution in [3.63, 3.8) is 0 Å². The van der Waals surface area contributed by atoms with Gasteiger partial charge >= 0.3 is 6.01 Å². The third kappa shape index (κ3) is 3.07. The first-order chi connectivity index (χ1) is 20.4. The first-order valence-electron chi connectivity index (χ1n) is 12.3. The van der Waals surface area contributed by atoms with Gasteiger partial charge in [0, 0.05) is 47.7 Å². The molecular weight excluding hydrogens is 564 g/mol. The third-order valence-electron chi connectivity index (χ3n) is 6.91. The molecule has 2 atom stereocenters. The SMILES string of the molecule is c1cnc(C2(c3ccon3)N(c3ncco3)N(c3ccsn3)N(c3ccn[nH]3)C2(c2ccc[nH]2)c2nccs2)nc1. The van der Waals surface area contributed by atoms with Gasteiger partial charge in [0.15, 0.2) is 17.2 Å². The van der Waals surface area contributed by atoms with Gasteiger partial charge in [-0.25, -0.2) is 24.9 Å². The maximum atomic E-state index is 6.07. The average Bonchev–Trinajstić information content (AvgIpc) is 3.86. The van der Waals surface area contributed by atoms with Crippen molar-refractivity contribution in [2.45, 2.75) is 11.1 Å². The Kier molecular flexibility index (Phi) is 5.22. The zero-order valence-electron chi connectivity index (χ0n) is 20.8. The number of rotatable bonds is 7. The zero-order valence-corrected chi connectivity index (χ0v) is 22.5. The molecule has 0 spiro atoms. The van der Waals surface area contributed by atoms with Crippen molar-refractivity contribution in [1.29, 1.82) is 0 Å². The number of hydrogen-bond acceptors (Lipinski definition) is 14. The third-order valence-corrected chi connectivity index (χ3v) is 8.34. The first kappa shape index (κ1) is 23.5. The van der Waals surface area contributed by atoms with Crippen molar-refractivity contribution in [3.8, 4) is 0 Å². The molecule has 2 N–H and O–H groups in total. The molecule has 1 fully saturated rings. The van der Waals surface area contributed by atoms with Crippen LogP contribution < -0.4 is 15.1 Å². The number of H-pyrrole nitrogens is 2. The van der Waals surface area contributed by atoms with Crippen LogP contribution in [0.2, 0.25) is 0 Å². The number of oxazole rings is 1. The minimum absolute atomic E-state index is 0.225. The Bertz CT molecular complexity index is 1770. The molecule has 7 aromatic rings. The summed E-state index contributed by atoms with van der Waals surface area (Å²) in [4.78, 5) is 22.8. The number of aromatic amines is 2. The first-order valence-corrected chi connectivity index (χ1v) is 14.0. The highest BCUT2D eigenvalue weighted by Gasteiger charge is 2.77. The van der Waals surface area contributed by atoms with Gasteiger partial charge in [0.2, 0.25) is 5.54 Å². The maximum Gasteiger partial charge on any atom is 0.319 e. The number of aromatic nitrogens is 9. The molecule has 0 bridgehead atoms. The number of hydrazine groups is 2. The van der Waals surface area contributed by atoms with E-state index in [2.05, 4.69) is 25.3 Å². The fourth-order valence-electron chi connectivity index (χ4n) is 5.57. The summed E-state index contributed by atoms with van der Waals surface area (Å²) >= 11 is 2.77. The van der Waals surface area contributed by atoms with E-state index in [1.807, 2.05) is 56.4 Å². The van der Waals surface area contributed by atoms with Crippen molar-refractivity contribution >= 4 is 40.5 Å². The lowest BCUT2D eigenvalue weighted by Gasteiger charge is -2.44. The van der Waals surface area contributed by atoms with Crippen LogP contribution >= 0.6 is 22.9 Å². The molecule has 8 rings (SSSR count). The Morgan fingerprint density at radius 1 is 0.829 bits per heavy atom. The van der Waals surface area contributed by atoms with Crippen molar-refractivity contribution in [2.24, 2.45) is 0 Å². The topological polar surface area (TPSA) is 158 Å². The Balaban J connectivity index is 1.65. The quantitative estimate of drug-likeness (QED) is 0.279. The lowest BCUT2D eigenvalue weighted by molar-refractivity contribution is 0.296. The lowest BCUT2D eigenvalue weighted by Crippen LogP contribution is -2.60. The van der Waals surface area contributed by atoms with Crippen molar-refractivity contribution < 1.29 is 8.94 Å². The van der Waals surface area contributed by atoms with Crippen LogP contribution in [0.25, 0.3) is 0 Å². The molecule has 1 aliphatic rings. The van der Waals surface area contributed by atoms with Gasteiger partial charge in [0.1, 0.15) is 29.0 Å². The van der Waals surface area contributed by atoms with Crippen LogP contribution in [0.1, 0.15) is 22.2 Å².